The van der Waals surface area contributed by atoms with Crippen LogP contribution < -0.4 is 10.2 Å². The van der Waals surface area contributed by atoms with Crippen LogP contribution in [-0.4, -0.2) is 44.5 Å². The summed E-state index contributed by atoms with van der Waals surface area (Å²) in [6.07, 6.45) is 4.57. The van der Waals surface area contributed by atoms with Gasteiger partial charge in [-0.15, -0.1) is 0 Å². The van der Waals surface area contributed by atoms with Gasteiger partial charge in [-0.3, -0.25) is 13.9 Å². The normalized spacial score (nSPS) is 19.3. The smallest absolute Gasteiger partial charge is 0.411 e. The number of carbonyl (C=O) groups is 2. The first-order valence-electron chi connectivity index (χ1n) is 13.2. The zero-order valence-corrected chi connectivity index (χ0v) is 23.8. The Kier molecular flexibility index (Phi) is 7.63. The second-order valence-electron chi connectivity index (χ2n) is 11.1. The molecule has 8 nitrogen and oxygen atoms in total. The molecule has 40 heavy (non-hydrogen) atoms. The Bertz CT molecular complexity index is 1460. The molecular weight excluding hydrogens is 531 g/mol. The van der Waals surface area contributed by atoms with Crippen LogP contribution in [0.1, 0.15) is 62.4 Å². The number of aromatic nitrogens is 1. The van der Waals surface area contributed by atoms with Gasteiger partial charge in [0.05, 0.1) is 24.5 Å². The summed E-state index contributed by atoms with van der Waals surface area (Å²) < 4.78 is 31.5. The maximum Gasteiger partial charge on any atom is 0.411 e. The third kappa shape index (κ3) is 5.86. The fourth-order valence-electron chi connectivity index (χ4n) is 5.34. The molecule has 3 aromatic rings. The number of pyridine rings is 1. The van der Waals surface area contributed by atoms with Crippen LogP contribution in [0, 0.1) is 5.82 Å². The van der Waals surface area contributed by atoms with E-state index in [1.807, 2.05) is 12.1 Å². The predicted octanol–water partition coefficient (Wildman–Crippen LogP) is 5.73. The second kappa shape index (κ2) is 11.0. The van der Waals surface area contributed by atoms with E-state index in [0.717, 1.165) is 36.2 Å². The zero-order chi connectivity index (χ0) is 28.6. The topological polar surface area (TPSA) is 91.8 Å². The standard InChI is InChI=1S/C30H33FN4O4S/c1-30(2,3)39-29(37)35-18-20-16-23(40(4)38)11-12-24(20)27(35)28(36)33-26-13-10-22(17-32-26)34-14-6-9-25(34)19-7-5-8-21(31)15-19/h5,7-8,10-13,15-17,25,27H,6,9,14,18H2,1-4H3,(H,32,33,36). The number of carbonyl (C=O) groups excluding carboxylic acids is 2. The number of anilines is 2. The van der Waals surface area contributed by atoms with Crippen molar-refractivity contribution in [3.8, 4) is 0 Å². The summed E-state index contributed by atoms with van der Waals surface area (Å²) in [7, 11) is -1.20. The summed E-state index contributed by atoms with van der Waals surface area (Å²) in [5.41, 5.74) is 2.47. The van der Waals surface area contributed by atoms with E-state index in [0.29, 0.717) is 16.3 Å². The minimum atomic E-state index is -1.20. The van der Waals surface area contributed by atoms with Crippen molar-refractivity contribution in [3.63, 3.8) is 0 Å². The Hall–Kier alpha value is -3.79. The molecule has 2 amide bonds. The molecule has 1 fully saturated rings. The number of hydrogen-bond acceptors (Lipinski definition) is 6. The summed E-state index contributed by atoms with van der Waals surface area (Å²) in [5.74, 6) is -0.332. The molecule has 2 aliphatic heterocycles. The molecule has 0 spiro atoms. The minimum absolute atomic E-state index is 0.0534. The molecule has 1 aromatic heterocycles. The minimum Gasteiger partial charge on any atom is -0.444 e. The Morgan fingerprint density at radius 3 is 2.60 bits per heavy atom. The first-order valence-corrected chi connectivity index (χ1v) is 14.8. The van der Waals surface area contributed by atoms with Crippen LogP contribution in [0.15, 0.2) is 65.7 Å². The number of fused-ring (bicyclic) bond motifs is 1. The summed E-state index contributed by atoms with van der Waals surface area (Å²) in [6.45, 7) is 6.30. The lowest BCUT2D eigenvalue weighted by atomic mass is 10.0. The number of amides is 2. The summed E-state index contributed by atoms with van der Waals surface area (Å²) >= 11 is 0. The highest BCUT2D eigenvalue weighted by Gasteiger charge is 2.41. The fourth-order valence-corrected chi connectivity index (χ4v) is 5.91. The molecule has 3 unspecified atom stereocenters. The Labute approximate surface area is 236 Å². The Morgan fingerprint density at radius 1 is 1.12 bits per heavy atom. The van der Waals surface area contributed by atoms with Gasteiger partial charge in [0.1, 0.15) is 23.3 Å². The molecule has 2 aromatic carbocycles. The molecule has 1 N–H and O–H groups in total. The highest BCUT2D eigenvalue weighted by molar-refractivity contribution is 7.84. The van der Waals surface area contributed by atoms with Crippen molar-refractivity contribution in [1.29, 1.82) is 0 Å². The number of nitrogens with one attached hydrogen (secondary N) is 1. The van der Waals surface area contributed by atoms with Crippen molar-refractivity contribution in [3.05, 3.63) is 83.3 Å². The van der Waals surface area contributed by atoms with Gasteiger partial charge in [-0.25, -0.2) is 14.2 Å². The quantitative estimate of drug-likeness (QED) is 0.426. The number of nitrogens with zero attached hydrogens (tertiary/aromatic N) is 3. The Morgan fingerprint density at radius 2 is 1.93 bits per heavy atom. The summed E-state index contributed by atoms with van der Waals surface area (Å²) in [6, 6.07) is 14.6. The van der Waals surface area contributed by atoms with Crippen molar-refractivity contribution >= 4 is 34.3 Å². The van der Waals surface area contributed by atoms with Crippen molar-refractivity contribution in [1.82, 2.24) is 9.88 Å². The van der Waals surface area contributed by atoms with E-state index in [1.165, 1.54) is 11.0 Å². The second-order valence-corrected chi connectivity index (χ2v) is 12.5. The number of benzene rings is 2. The lowest BCUT2D eigenvalue weighted by molar-refractivity contribution is -0.121. The molecule has 3 atom stereocenters. The van der Waals surface area contributed by atoms with Crippen molar-refractivity contribution < 1.29 is 22.9 Å². The van der Waals surface area contributed by atoms with E-state index in [2.05, 4.69) is 15.2 Å². The van der Waals surface area contributed by atoms with E-state index in [1.54, 1.807) is 69.6 Å². The molecule has 3 heterocycles. The number of halogens is 1. The molecule has 0 saturated carbocycles. The van der Waals surface area contributed by atoms with Crippen LogP contribution in [0.25, 0.3) is 0 Å². The van der Waals surface area contributed by atoms with Gasteiger partial charge in [0.15, 0.2) is 0 Å². The predicted molar refractivity (Wildman–Crippen MR) is 152 cm³/mol. The van der Waals surface area contributed by atoms with E-state index in [4.69, 9.17) is 4.74 Å². The van der Waals surface area contributed by atoms with Gasteiger partial charge < -0.3 is 15.0 Å². The van der Waals surface area contributed by atoms with E-state index >= 15 is 0 Å². The van der Waals surface area contributed by atoms with E-state index in [-0.39, 0.29) is 18.4 Å². The monoisotopic (exact) mass is 564 g/mol. The van der Waals surface area contributed by atoms with Crippen molar-refractivity contribution in [2.75, 3.05) is 23.0 Å². The average molecular weight is 565 g/mol. The van der Waals surface area contributed by atoms with Crippen LogP contribution in [-0.2, 0) is 26.9 Å². The van der Waals surface area contributed by atoms with E-state index in [9.17, 15) is 18.2 Å². The zero-order valence-electron chi connectivity index (χ0n) is 23.0. The molecule has 2 aliphatic rings. The first-order chi connectivity index (χ1) is 19.0. The van der Waals surface area contributed by atoms with Gasteiger partial charge in [0, 0.05) is 28.5 Å². The first kappa shape index (κ1) is 27.8. The van der Waals surface area contributed by atoms with Gasteiger partial charge in [-0.05, 0) is 86.7 Å². The number of rotatable bonds is 5. The fraction of sp³-hybridized carbons (Fsp3) is 0.367. The molecule has 10 heteroatoms. The number of ether oxygens (including phenoxy) is 1. The maximum atomic E-state index is 13.8. The van der Waals surface area contributed by atoms with Crippen LogP contribution in [0.5, 0.6) is 0 Å². The van der Waals surface area contributed by atoms with Crippen molar-refractivity contribution in [2.45, 2.75) is 62.7 Å². The number of hydrogen-bond donors (Lipinski definition) is 1. The van der Waals surface area contributed by atoms with Gasteiger partial charge in [-0.1, -0.05) is 18.2 Å². The van der Waals surface area contributed by atoms with Crippen molar-refractivity contribution in [2.24, 2.45) is 0 Å². The van der Waals surface area contributed by atoms with Gasteiger partial charge >= 0.3 is 6.09 Å². The molecule has 0 bridgehead atoms. The highest BCUT2D eigenvalue weighted by atomic mass is 32.2. The van der Waals surface area contributed by atoms with Crippen LogP contribution in [0.2, 0.25) is 0 Å². The largest absolute Gasteiger partial charge is 0.444 e. The molecule has 210 valence electrons. The maximum absolute atomic E-state index is 13.8. The third-order valence-electron chi connectivity index (χ3n) is 7.09. The van der Waals surface area contributed by atoms with Crippen LogP contribution >= 0.6 is 0 Å². The summed E-state index contributed by atoms with van der Waals surface area (Å²) in [4.78, 5) is 35.4. The SMILES string of the molecule is CS(=O)c1ccc2c(c1)CN(C(=O)OC(C)(C)C)C2C(=O)Nc1ccc(N2CCCC2c2cccc(F)c2)cn1. The lowest BCUT2D eigenvalue weighted by Crippen LogP contribution is -2.40. The molecule has 0 radical (unpaired) electrons. The molecular formula is C30H33FN4O4S. The van der Waals surface area contributed by atoms with Crippen LogP contribution in [0.3, 0.4) is 0 Å². The average Bonchev–Trinajstić information content (AvgIpc) is 3.53. The molecule has 1 saturated heterocycles. The van der Waals surface area contributed by atoms with Gasteiger partial charge in [0.25, 0.3) is 5.91 Å². The lowest BCUT2D eigenvalue weighted by Gasteiger charge is -2.28. The third-order valence-corrected chi connectivity index (χ3v) is 8.00. The summed E-state index contributed by atoms with van der Waals surface area (Å²) in [5, 5.41) is 2.85. The Balaban J connectivity index is 1.36. The van der Waals surface area contributed by atoms with Gasteiger partial charge in [0.2, 0.25) is 0 Å². The highest BCUT2D eigenvalue weighted by Crippen LogP contribution is 2.38. The van der Waals surface area contributed by atoms with Crippen LogP contribution in [0.4, 0.5) is 20.7 Å². The molecule has 0 aliphatic carbocycles. The van der Waals surface area contributed by atoms with Gasteiger partial charge in [-0.2, -0.15) is 0 Å². The van der Waals surface area contributed by atoms with E-state index < -0.39 is 34.4 Å². The molecule has 5 rings (SSSR count).